The minimum absolute atomic E-state index is 0.225. The number of benzene rings is 2. The Hall–Kier alpha value is -2.96. The van der Waals surface area contributed by atoms with Gasteiger partial charge < -0.3 is 19.2 Å². The lowest BCUT2D eigenvalue weighted by atomic mass is 10.0. The average molecular weight is 446 g/mol. The van der Waals surface area contributed by atoms with Crippen molar-refractivity contribution >= 4 is 22.9 Å². The Morgan fingerprint density at radius 3 is 2.52 bits per heavy atom. The Balaban J connectivity index is 1.20. The molecule has 1 unspecified atom stereocenters. The summed E-state index contributed by atoms with van der Waals surface area (Å²) >= 11 is 0. The molecule has 0 saturated carbocycles. The van der Waals surface area contributed by atoms with E-state index in [9.17, 15) is 4.79 Å². The van der Waals surface area contributed by atoms with Crippen molar-refractivity contribution in [1.82, 2.24) is 9.88 Å². The molecule has 3 heterocycles. The second-order valence-corrected chi connectivity index (χ2v) is 9.24. The average Bonchev–Trinajstić information content (AvgIpc) is 3.33. The van der Waals surface area contributed by atoms with Crippen LogP contribution in [0.15, 0.2) is 54.7 Å². The quantitative estimate of drug-likeness (QED) is 0.531. The van der Waals surface area contributed by atoms with E-state index in [0.29, 0.717) is 12.6 Å². The van der Waals surface area contributed by atoms with Gasteiger partial charge >= 0.3 is 0 Å². The molecule has 2 aromatic carbocycles. The molecular weight excluding hydrogens is 414 g/mol. The summed E-state index contributed by atoms with van der Waals surface area (Å²) in [7, 11) is 4.04. The molecule has 0 amide bonds. The van der Waals surface area contributed by atoms with Gasteiger partial charge in [0.15, 0.2) is 0 Å². The van der Waals surface area contributed by atoms with Crippen LogP contribution in [0.25, 0.3) is 21.9 Å². The number of pyridine rings is 1. The maximum atomic E-state index is 10.9. The lowest BCUT2D eigenvalue weighted by molar-refractivity contribution is -0.115. The number of hydrogen-bond acceptors (Lipinski definition) is 6. The molecule has 6 nitrogen and oxygen atoms in total. The van der Waals surface area contributed by atoms with Gasteiger partial charge in [0, 0.05) is 44.8 Å². The molecule has 0 bridgehead atoms. The minimum atomic E-state index is -0.225. The summed E-state index contributed by atoms with van der Waals surface area (Å²) in [5, 5.41) is 2.34. The fourth-order valence-electron chi connectivity index (χ4n) is 4.96. The molecule has 5 rings (SSSR count). The number of nitrogens with zero attached hydrogens (tertiary/aromatic N) is 3. The highest BCUT2D eigenvalue weighted by Crippen LogP contribution is 2.30. The first kappa shape index (κ1) is 21.9. The van der Waals surface area contributed by atoms with E-state index in [-0.39, 0.29) is 12.2 Å². The topological polar surface area (TPSA) is 54.9 Å². The number of likely N-dealkylation sites (tertiary alicyclic amines) is 1. The summed E-state index contributed by atoms with van der Waals surface area (Å²) in [5.74, 6) is 1.90. The Labute approximate surface area is 195 Å². The van der Waals surface area contributed by atoms with Crippen molar-refractivity contribution < 1.29 is 14.3 Å². The van der Waals surface area contributed by atoms with Crippen molar-refractivity contribution in [2.45, 2.75) is 37.5 Å². The number of ether oxygens (including phenoxy) is 2. The van der Waals surface area contributed by atoms with E-state index in [2.05, 4.69) is 58.4 Å². The number of carbonyl (C=O) groups is 1. The summed E-state index contributed by atoms with van der Waals surface area (Å²) in [5.41, 5.74) is 2.36. The van der Waals surface area contributed by atoms with Gasteiger partial charge in [0.1, 0.15) is 30.1 Å². The maximum absolute atomic E-state index is 10.9. The van der Waals surface area contributed by atoms with Crippen molar-refractivity contribution in [3.8, 4) is 16.9 Å². The third-order valence-corrected chi connectivity index (χ3v) is 6.81. The van der Waals surface area contributed by atoms with E-state index in [4.69, 9.17) is 9.47 Å². The number of hydrogen-bond donors (Lipinski definition) is 0. The van der Waals surface area contributed by atoms with Gasteiger partial charge in [-0.3, -0.25) is 4.90 Å². The molecule has 3 aromatic rings. The molecule has 2 aliphatic rings. The third-order valence-electron chi connectivity index (χ3n) is 6.81. The first-order valence-corrected chi connectivity index (χ1v) is 11.7. The summed E-state index contributed by atoms with van der Waals surface area (Å²) in [6.45, 7) is 2.64. The van der Waals surface area contributed by atoms with Gasteiger partial charge in [0.2, 0.25) is 0 Å². The predicted molar refractivity (Wildman–Crippen MR) is 131 cm³/mol. The number of aldehydes is 1. The smallest absolute Gasteiger partial charge is 0.148 e. The number of aromatic nitrogens is 1. The van der Waals surface area contributed by atoms with Crippen LogP contribution in [0.3, 0.4) is 0 Å². The highest BCUT2D eigenvalue weighted by Gasteiger charge is 2.32. The van der Waals surface area contributed by atoms with Crippen LogP contribution in [0.1, 0.15) is 19.3 Å². The summed E-state index contributed by atoms with van der Waals surface area (Å²) < 4.78 is 11.8. The number of carbonyl (C=O) groups excluding carboxylic acids is 1. The van der Waals surface area contributed by atoms with Crippen LogP contribution >= 0.6 is 0 Å². The first-order valence-electron chi connectivity index (χ1n) is 11.7. The molecule has 0 N–H and O–H groups in total. The van der Waals surface area contributed by atoms with E-state index in [1.807, 2.05) is 25.2 Å². The number of piperidine rings is 1. The standard InChI is InChI=1S/C27H31N3O3/c1-29(2)27-26-8-5-20(15-21(26)9-12-28-27)19-3-6-23(7-4-19)33-24-10-13-30(14-11-24)22-16-25(17-31)32-18-22/h3-9,12,15,17,22,24-25H,10-11,13-14,16,18H2,1-2H3/t22?,25-/m1/s1. The van der Waals surface area contributed by atoms with E-state index in [1.165, 1.54) is 16.5 Å². The molecule has 2 saturated heterocycles. The molecule has 2 atom stereocenters. The van der Waals surface area contributed by atoms with Gasteiger partial charge in [-0.2, -0.15) is 0 Å². The van der Waals surface area contributed by atoms with Crippen molar-refractivity contribution in [3.63, 3.8) is 0 Å². The Morgan fingerprint density at radius 2 is 1.82 bits per heavy atom. The van der Waals surface area contributed by atoms with Gasteiger partial charge in [-0.05, 0) is 60.0 Å². The normalized spacial score (nSPS) is 21.9. The predicted octanol–water partition coefficient (Wildman–Crippen LogP) is 4.17. The number of rotatable bonds is 6. The summed E-state index contributed by atoms with van der Waals surface area (Å²) in [6, 6.07) is 17.4. The van der Waals surface area contributed by atoms with Crippen molar-refractivity contribution in [1.29, 1.82) is 0 Å². The second kappa shape index (κ2) is 9.49. The number of anilines is 1. The Kier molecular flexibility index (Phi) is 6.29. The first-order chi connectivity index (χ1) is 16.1. The van der Waals surface area contributed by atoms with Crippen LogP contribution in [0.4, 0.5) is 5.82 Å². The van der Waals surface area contributed by atoms with E-state index in [1.54, 1.807) is 0 Å². The highest BCUT2D eigenvalue weighted by atomic mass is 16.5. The fourth-order valence-corrected chi connectivity index (χ4v) is 4.96. The van der Waals surface area contributed by atoms with Crippen molar-refractivity contribution in [3.05, 3.63) is 54.7 Å². The molecule has 2 fully saturated rings. The van der Waals surface area contributed by atoms with Crippen LogP contribution < -0.4 is 9.64 Å². The van der Waals surface area contributed by atoms with Crippen LogP contribution in [0.5, 0.6) is 5.75 Å². The zero-order valence-corrected chi connectivity index (χ0v) is 19.3. The van der Waals surface area contributed by atoms with Gasteiger partial charge in [-0.1, -0.05) is 24.3 Å². The molecular formula is C27H31N3O3. The van der Waals surface area contributed by atoms with Gasteiger partial charge in [0.05, 0.1) is 6.61 Å². The Morgan fingerprint density at radius 1 is 1.06 bits per heavy atom. The van der Waals surface area contributed by atoms with Gasteiger partial charge in [-0.15, -0.1) is 0 Å². The molecule has 2 aliphatic heterocycles. The second-order valence-electron chi connectivity index (χ2n) is 9.24. The summed E-state index contributed by atoms with van der Waals surface area (Å²) in [6.07, 6.45) is 5.61. The van der Waals surface area contributed by atoms with E-state index >= 15 is 0 Å². The van der Waals surface area contributed by atoms with Crippen molar-refractivity contribution in [2.24, 2.45) is 0 Å². The SMILES string of the molecule is CN(C)c1nccc2cc(-c3ccc(OC4CCN(C5CO[C@@H](C=O)C5)CC4)cc3)ccc12. The molecule has 33 heavy (non-hydrogen) atoms. The largest absolute Gasteiger partial charge is 0.490 e. The minimum Gasteiger partial charge on any atom is -0.490 e. The fraction of sp³-hybridized carbons (Fsp3) is 0.407. The summed E-state index contributed by atoms with van der Waals surface area (Å²) in [4.78, 5) is 19.9. The van der Waals surface area contributed by atoms with Gasteiger partial charge in [0.25, 0.3) is 0 Å². The molecule has 6 heteroatoms. The molecule has 0 aliphatic carbocycles. The van der Waals surface area contributed by atoms with Gasteiger partial charge in [-0.25, -0.2) is 4.98 Å². The zero-order valence-electron chi connectivity index (χ0n) is 19.3. The van der Waals surface area contributed by atoms with Crippen molar-refractivity contribution in [2.75, 3.05) is 38.7 Å². The van der Waals surface area contributed by atoms with Crippen LogP contribution in [-0.4, -0.2) is 68.2 Å². The van der Waals surface area contributed by atoms with Crippen LogP contribution in [-0.2, 0) is 9.53 Å². The zero-order chi connectivity index (χ0) is 22.8. The molecule has 0 spiro atoms. The third kappa shape index (κ3) is 4.72. The lowest BCUT2D eigenvalue weighted by Crippen LogP contribution is -2.44. The monoisotopic (exact) mass is 445 g/mol. The molecule has 0 radical (unpaired) electrons. The Bertz CT molecular complexity index is 1110. The van der Waals surface area contributed by atoms with Crippen LogP contribution in [0, 0.1) is 0 Å². The molecule has 1 aromatic heterocycles. The molecule has 172 valence electrons. The lowest BCUT2D eigenvalue weighted by Gasteiger charge is -2.35. The number of fused-ring (bicyclic) bond motifs is 1. The van der Waals surface area contributed by atoms with E-state index < -0.39 is 0 Å². The van der Waals surface area contributed by atoms with E-state index in [0.717, 1.165) is 55.6 Å². The van der Waals surface area contributed by atoms with Crippen LogP contribution in [0.2, 0.25) is 0 Å². The maximum Gasteiger partial charge on any atom is 0.148 e. The highest BCUT2D eigenvalue weighted by molar-refractivity contribution is 5.94.